The molecule has 0 amide bonds. The molecule has 0 saturated heterocycles. The minimum absolute atomic E-state index is 0.115. The average molecular weight is 289 g/mol. The van der Waals surface area contributed by atoms with Crippen LogP contribution >= 0.6 is 0 Å². The molecule has 7 nitrogen and oxygen atoms in total. The van der Waals surface area contributed by atoms with Gasteiger partial charge in [-0.3, -0.25) is 0 Å². The molecule has 0 aliphatic heterocycles. The number of ether oxygens (including phenoxy) is 3. The van der Waals surface area contributed by atoms with Gasteiger partial charge in [-0.25, -0.2) is 0 Å². The Bertz CT molecular complexity index is 609. The van der Waals surface area contributed by atoms with E-state index in [1.54, 1.807) is 12.1 Å². The molecule has 21 heavy (non-hydrogen) atoms. The normalized spacial score (nSPS) is 10.4. The zero-order valence-corrected chi connectivity index (χ0v) is 11.9. The predicted octanol–water partition coefficient (Wildman–Crippen LogP) is 2.27. The number of hydrogen-bond acceptors (Lipinski definition) is 7. The lowest BCUT2D eigenvalue weighted by Crippen LogP contribution is -1.99. The number of aromatic nitrogens is 2. The lowest BCUT2D eigenvalue weighted by atomic mass is 10.2. The van der Waals surface area contributed by atoms with E-state index in [1.807, 2.05) is 18.2 Å². The fourth-order valence-corrected chi connectivity index (χ4v) is 1.53. The van der Waals surface area contributed by atoms with Gasteiger partial charge in [0.05, 0.1) is 26.5 Å². The van der Waals surface area contributed by atoms with Gasteiger partial charge in [-0.05, 0) is 12.1 Å². The minimum atomic E-state index is 0.115. The summed E-state index contributed by atoms with van der Waals surface area (Å²) in [6.07, 6.45) is 1.53. The van der Waals surface area contributed by atoms with Gasteiger partial charge in [-0.15, -0.1) is 0 Å². The van der Waals surface area contributed by atoms with Crippen LogP contribution in [-0.2, 0) is 4.84 Å². The third-order valence-corrected chi connectivity index (χ3v) is 2.49. The quantitative estimate of drug-likeness (QED) is 0.600. The average Bonchev–Trinajstić information content (AvgIpc) is 2.53. The smallest absolute Gasteiger partial charge is 0.328 e. The van der Waals surface area contributed by atoms with Crippen LogP contribution in [-0.4, -0.2) is 37.5 Å². The number of hydrogen-bond donors (Lipinski definition) is 0. The number of oxime groups is 1. The molecule has 0 aliphatic carbocycles. The third-order valence-electron chi connectivity index (χ3n) is 2.49. The number of benzene rings is 1. The monoisotopic (exact) mass is 289 g/mol. The Morgan fingerprint density at radius 1 is 1.00 bits per heavy atom. The fourth-order valence-electron chi connectivity index (χ4n) is 1.53. The van der Waals surface area contributed by atoms with Gasteiger partial charge in [-0.2, -0.15) is 9.97 Å². The molecule has 0 spiro atoms. The Kier molecular flexibility index (Phi) is 4.92. The minimum Gasteiger partial charge on any atom is -0.481 e. The predicted molar refractivity (Wildman–Crippen MR) is 76.3 cm³/mol. The molecule has 0 unspecified atom stereocenters. The summed E-state index contributed by atoms with van der Waals surface area (Å²) in [4.78, 5) is 12.9. The Balaban J connectivity index is 2.31. The zero-order chi connectivity index (χ0) is 15.1. The first-order valence-corrected chi connectivity index (χ1v) is 6.07. The molecule has 0 atom stereocenters. The SMILES string of the molecule is CON=Cc1ccccc1Oc1nc(OC)cc(OC)n1. The second-order valence-electron chi connectivity index (χ2n) is 3.79. The van der Waals surface area contributed by atoms with E-state index in [4.69, 9.17) is 14.2 Å². The number of methoxy groups -OCH3 is 2. The molecule has 2 aromatic rings. The van der Waals surface area contributed by atoms with Crippen LogP contribution in [0, 0.1) is 0 Å². The van der Waals surface area contributed by atoms with Crippen molar-refractivity contribution in [1.29, 1.82) is 0 Å². The molecule has 0 N–H and O–H groups in total. The van der Waals surface area contributed by atoms with Crippen molar-refractivity contribution in [3.8, 4) is 23.5 Å². The molecule has 0 radical (unpaired) electrons. The first-order valence-electron chi connectivity index (χ1n) is 6.07. The maximum Gasteiger partial charge on any atom is 0.328 e. The van der Waals surface area contributed by atoms with E-state index in [0.717, 1.165) is 5.56 Å². The first-order chi connectivity index (χ1) is 10.3. The Morgan fingerprint density at radius 2 is 1.67 bits per heavy atom. The van der Waals surface area contributed by atoms with Crippen LogP contribution in [0.4, 0.5) is 0 Å². The summed E-state index contributed by atoms with van der Waals surface area (Å²) in [5.41, 5.74) is 0.727. The van der Waals surface area contributed by atoms with Crippen molar-refractivity contribution in [2.75, 3.05) is 21.3 Å². The first kappa shape index (κ1) is 14.6. The molecule has 110 valence electrons. The second-order valence-corrected chi connectivity index (χ2v) is 3.79. The van der Waals surface area contributed by atoms with Crippen molar-refractivity contribution in [2.24, 2.45) is 5.16 Å². The third kappa shape index (κ3) is 3.82. The molecular formula is C14H15N3O4. The highest BCUT2D eigenvalue weighted by molar-refractivity contribution is 5.83. The second kappa shape index (κ2) is 7.09. The van der Waals surface area contributed by atoms with Gasteiger partial charge in [-0.1, -0.05) is 17.3 Å². The summed E-state index contributed by atoms with van der Waals surface area (Å²) >= 11 is 0. The van der Waals surface area contributed by atoms with Crippen molar-refractivity contribution in [2.45, 2.75) is 0 Å². The topological polar surface area (TPSA) is 75.1 Å². The van der Waals surface area contributed by atoms with E-state index in [0.29, 0.717) is 17.5 Å². The lowest BCUT2D eigenvalue weighted by Gasteiger charge is -2.09. The van der Waals surface area contributed by atoms with Gasteiger partial charge < -0.3 is 19.0 Å². The van der Waals surface area contributed by atoms with Crippen molar-refractivity contribution in [1.82, 2.24) is 9.97 Å². The van der Waals surface area contributed by atoms with Gasteiger partial charge in [0.2, 0.25) is 11.8 Å². The molecule has 1 aromatic carbocycles. The summed E-state index contributed by atoms with van der Waals surface area (Å²) in [5, 5.41) is 3.72. The summed E-state index contributed by atoms with van der Waals surface area (Å²) in [7, 11) is 4.48. The molecule has 2 rings (SSSR count). The maximum atomic E-state index is 5.66. The molecule has 0 saturated carbocycles. The van der Waals surface area contributed by atoms with E-state index < -0.39 is 0 Å². The zero-order valence-electron chi connectivity index (χ0n) is 11.9. The van der Waals surface area contributed by atoms with E-state index in [2.05, 4.69) is 20.0 Å². The van der Waals surface area contributed by atoms with Crippen LogP contribution in [0.3, 0.4) is 0 Å². The van der Waals surface area contributed by atoms with Gasteiger partial charge in [0, 0.05) is 5.56 Å². The lowest BCUT2D eigenvalue weighted by molar-refractivity contribution is 0.215. The highest BCUT2D eigenvalue weighted by Gasteiger charge is 2.09. The van der Waals surface area contributed by atoms with Gasteiger partial charge >= 0.3 is 6.01 Å². The standard InChI is InChI=1S/C14H15N3O4/c1-18-12-8-13(19-2)17-14(16-12)21-11-7-5-4-6-10(11)9-15-20-3/h4-9H,1-3H3. The van der Waals surface area contributed by atoms with E-state index in [-0.39, 0.29) is 6.01 Å². The molecule has 0 bridgehead atoms. The molecule has 7 heteroatoms. The van der Waals surface area contributed by atoms with Gasteiger partial charge in [0.25, 0.3) is 0 Å². The van der Waals surface area contributed by atoms with Gasteiger partial charge in [0.1, 0.15) is 12.9 Å². The molecule has 1 aromatic heterocycles. The molecular weight excluding hydrogens is 274 g/mol. The van der Waals surface area contributed by atoms with Crippen molar-refractivity contribution < 1.29 is 19.0 Å². The molecule has 0 fully saturated rings. The number of nitrogens with zero attached hydrogens (tertiary/aromatic N) is 3. The Labute approximate surface area is 122 Å². The van der Waals surface area contributed by atoms with Crippen LogP contribution < -0.4 is 14.2 Å². The summed E-state index contributed by atoms with van der Waals surface area (Å²) < 4.78 is 15.8. The highest BCUT2D eigenvalue weighted by atomic mass is 16.6. The van der Waals surface area contributed by atoms with E-state index >= 15 is 0 Å². The summed E-state index contributed by atoms with van der Waals surface area (Å²) in [5.74, 6) is 1.23. The van der Waals surface area contributed by atoms with E-state index in [1.165, 1.54) is 27.5 Å². The van der Waals surface area contributed by atoms with Crippen LogP contribution in [0.1, 0.15) is 5.56 Å². The van der Waals surface area contributed by atoms with E-state index in [9.17, 15) is 0 Å². The Morgan fingerprint density at radius 3 is 2.29 bits per heavy atom. The van der Waals surface area contributed by atoms with Crippen molar-refractivity contribution in [3.63, 3.8) is 0 Å². The van der Waals surface area contributed by atoms with Gasteiger partial charge in [0.15, 0.2) is 0 Å². The molecule has 0 aliphatic rings. The van der Waals surface area contributed by atoms with Crippen LogP contribution in [0.25, 0.3) is 0 Å². The largest absolute Gasteiger partial charge is 0.481 e. The number of rotatable bonds is 6. The number of para-hydroxylation sites is 1. The molecule has 1 heterocycles. The van der Waals surface area contributed by atoms with Crippen molar-refractivity contribution in [3.05, 3.63) is 35.9 Å². The fraction of sp³-hybridized carbons (Fsp3) is 0.214. The summed E-state index contributed by atoms with van der Waals surface area (Å²) in [6, 6.07) is 8.96. The van der Waals surface area contributed by atoms with Crippen molar-refractivity contribution >= 4 is 6.21 Å². The highest BCUT2D eigenvalue weighted by Crippen LogP contribution is 2.25. The Hall–Kier alpha value is -2.83. The van der Waals surface area contributed by atoms with Crippen LogP contribution in [0.2, 0.25) is 0 Å². The van der Waals surface area contributed by atoms with Crippen LogP contribution in [0.5, 0.6) is 23.5 Å². The summed E-state index contributed by atoms with van der Waals surface area (Å²) in [6.45, 7) is 0. The van der Waals surface area contributed by atoms with Crippen LogP contribution in [0.15, 0.2) is 35.5 Å². The maximum absolute atomic E-state index is 5.66.